The monoisotopic (exact) mass is 420 g/mol. The number of hydrogen-bond acceptors (Lipinski definition) is 5. The molecule has 2 amide bonds. The number of nitrogens with zero attached hydrogens (tertiary/aromatic N) is 3. The minimum atomic E-state index is -0.698. The number of rotatable bonds is 4. The van der Waals surface area contributed by atoms with E-state index in [1.54, 1.807) is 24.9 Å². The van der Waals surface area contributed by atoms with Gasteiger partial charge in [0, 0.05) is 19.3 Å². The normalized spacial score (nSPS) is 14.7. The molecule has 3 aromatic rings. The van der Waals surface area contributed by atoms with Gasteiger partial charge in [-0.15, -0.1) is 6.58 Å². The van der Waals surface area contributed by atoms with Crippen molar-refractivity contribution in [3.63, 3.8) is 0 Å². The summed E-state index contributed by atoms with van der Waals surface area (Å²) in [6.45, 7) is 11.2. The zero-order valence-electron chi connectivity index (χ0n) is 18.2. The Bertz CT molecular complexity index is 1330. The minimum Gasteiger partial charge on any atom is -0.442 e. The second-order valence-electron chi connectivity index (χ2n) is 8.34. The Morgan fingerprint density at radius 2 is 2.00 bits per heavy atom. The van der Waals surface area contributed by atoms with Gasteiger partial charge in [-0.1, -0.05) is 6.08 Å². The van der Waals surface area contributed by atoms with E-state index in [1.165, 1.54) is 10.9 Å². The standard InChI is InChI=1S/C23H24N4O4/c1-7-8-27-11-24-20-17(21(27)29)16(13(3)31-20)19(28)25-14-9-12(2)18-15(10-14)23(4,5)22(30)26(18)6/h7,9-11H,1,8H2,2-6H3,(H,25,28). The summed E-state index contributed by atoms with van der Waals surface area (Å²) in [6.07, 6.45) is 2.95. The van der Waals surface area contributed by atoms with Crippen molar-refractivity contribution in [3.05, 3.63) is 63.9 Å². The highest BCUT2D eigenvalue weighted by atomic mass is 16.3. The first-order chi connectivity index (χ1) is 14.6. The van der Waals surface area contributed by atoms with Crippen LogP contribution in [0.1, 0.15) is 41.1 Å². The summed E-state index contributed by atoms with van der Waals surface area (Å²) >= 11 is 0. The van der Waals surface area contributed by atoms with Gasteiger partial charge in [0.15, 0.2) is 0 Å². The molecule has 1 aromatic carbocycles. The molecule has 8 nitrogen and oxygen atoms in total. The molecular weight excluding hydrogens is 396 g/mol. The topological polar surface area (TPSA) is 97.4 Å². The van der Waals surface area contributed by atoms with Crippen molar-refractivity contribution in [2.24, 2.45) is 0 Å². The molecule has 0 atom stereocenters. The summed E-state index contributed by atoms with van der Waals surface area (Å²) in [5.41, 5.74) is 2.32. The quantitative estimate of drug-likeness (QED) is 0.653. The van der Waals surface area contributed by atoms with Crippen molar-refractivity contribution >= 4 is 34.3 Å². The van der Waals surface area contributed by atoms with Gasteiger partial charge in [0.05, 0.1) is 16.7 Å². The maximum Gasteiger partial charge on any atom is 0.265 e. The van der Waals surface area contributed by atoms with E-state index in [-0.39, 0.29) is 34.7 Å². The number of fused-ring (bicyclic) bond motifs is 2. The second-order valence-corrected chi connectivity index (χ2v) is 8.34. The number of benzene rings is 1. The lowest BCUT2D eigenvalue weighted by molar-refractivity contribution is -0.121. The summed E-state index contributed by atoms with van der Waals surface area (Å²) < 4.78 is 6.93. The SMILES string of the molecule is C=CCn1cnc2oc(C)c(C(=O)Nc3cc(C)c4c(c3)C(C)(C)C(=O)N4C)c2c1=O. The van der Waals surface area contributed by atoms with Crippen LogP contribution in [0, 0.1) is 13.8 Å². The third-order valence-corrected chi connectivity index (χ3v) is 5.81. The fourth-order valence-corrected chi connectivity index (χ4v) is 4.28. The predicted octanol–water partition coefficient (Wildman–Crippen LogP) is 3.30. The molecular formula is C23H24N4O4. The predicted molar refractivity (Wildman–Crippen MR) is 119 cm³/mol. The highest BCUT2D eigenvalue weighted by Gasteiger charge is 2.43. The summed E-state index contributed by atoms with van der Waals surface area (Å²) in [4.78, 5) is 44.5. The van der Waals surface area contributed by atoms with Crippen LogP contribution in [0.4, 0.5) is 11.4 Å². The summed E-state index contributed by atoms with van der Waals surface area (Å²) in [5, 5.41) is 3.00. The largest absolute Gasteiger partial charge is 0.442 e. The number of carbonyl (C=O) groups excluding carboxylic acids is 2. The Kier molecular flexibility index (Phi) is 4.61. The van der Waals surface area contributed by atoms with Gasteiger partial charge < -0.3 is 14.6 Å². The molecule has 0 fully saturated rings. The van der Waals surface area contributed by atoms with Crippen molar-refractivity contribution in [2.75, 3.05) is 17.3 Å². The number of allylic oxidation sites excluding steroid dienone is 1. The van der Waals surface area contributed by atoms with Crippen LogP contribution in [0.15, 0.2) is 40.3 Å². The number of aromatic nitrogens is 2. The lowest BCUT2D eigenvalue weighted by Gasteiger charge is -2.17. The molecule has 8 heteroatoms. The van der Waals surface area contributed by atoms with Crippen LogP contribution < -0.4 is 15.8 Å². The highest BCUT2D eigenvalue weighted by molar-refractivity contribution is 6.13. The van der Waals surface area contributed by atoms with E-state index in [1.807, 2.05) is 32.9 Å². The van der Waals surface area contributed by atoms with Gasteiger partial charge in [0.2, 0.25) is 11.6 Å². The molecule has 160 valence electrons. The Hall–Kier alpha value is -3.68. The van der Waals surface area contributed by atoms with Crippen LogP contribution >= 0.6 is 0 Å². The molecule has 31 heavy (non-hydrogen) atoms. The number of aryl methyl sites for hydroxylation is 2. The van der Waals surface area contributed by atoms with Crippen LogP contribution in [-0.2, 0) is 16.8 Å². The van der Waals surface area contributed by atoms with Crippen LogP contribution in [0.3, 0.4) is 0 Å². The van der Waals surface area contributed by atoms with Gasteiger partial charge in [-0.3, -0.25) is 19.0 Å². The molecule has 0 bridgehead atoms. The number of carbonyl (C=O) groups is 2. The maximum atomic E-state index is 13.2. The lowest BCUT2D eigenvalue weighted by Crippen LogP contribution is -2.33. The van der Waals surface area contributed by atoms with E-state index in [9.17, 15) is 14.4 Å². The molecule has 2 aromatic heterocycles. The molecule has 3 heterocycles. The van der Waals surface area contributed by atoms with Gasteiger partial charge in [0.1, 0.15) is 17.5 Å². The molecule has 0 saturated heterocycles. The van der Waals surface area contributed by atoms with Crippen LogP contribution in [-0.4, -0.2) is 28.4 Å². The summed E-state index contributed by atoms with van der Waals surface area (Å²) in [7, 11) is 1.75. The Morgan fingerprint density at radius 1 is 1.29 bits per heavy atom. The Labute approximate surface area is 179 Å². The van der Waals surface area contributed by atoms with Crippen molar-refractivity contribution in [3.8, 4) is 0 Å². The van der Waals surface area contributed by atoms with E-state index in [2.05, 4.69) is 16.9 Å². The van der Waals surface area contributed by atoms with E-state index >= 15 is 0 Å². The van der Waals surface area contributed by atoms with Crippen LogP contribution in [0.5, 0.6) is 0 Å². The van der Waals surface area contributed by atoms with Gasteiger partial charge >= 0.3 is 0 Å². The fraction of sp³-hybridized carbons (Fsp3) is 0.304. The lowest BCUT2D eigenvalue weighted by atomic mass is 9.85. The van der Waals surface area contributed by atoms with E-state index in [0.29, 0.717) is 11.4 Å². The average Bonchev–Trinajstić information content (AvgIpc) is 3.12. The third kappa shape index (κ3) is 2.98. The van der Waals surface area contributed by atoms with Crippen molar-refractivity contribution < 1.29 is 14.0 Å². The molecule has 0 radical (unpaired) electrons. The minimum absolute atomic E-state index is 0.000376. The molecule has 1 aliphatic rings. The molecule has 0 saturated carbocycles. The Morgan fingerprint density at radius 3 is 2.68 bits per heavy atom. The van der Waals surface area contributed by atoms with Crippen LogP contribution in [0.2, 0.25) is 0 Å². The van der Waals surface area contributed by atoms with Gasteiger partial charge in [-0.05, 0) is 51.0 Å². The van der Waals surface area contributed by atoms with Crippen molar-refractivity contribution in [1.82, 2.24) is 9.55 Å². The number of furan rings is 1. The first-order valence-electron chi connectivity index (χ1n) is 9.92. The number of hydrogen-bond donors (Lipinski definition) is 1. The second kappa shape index (κ2) is 6.94. The van der Waals surface area contributed by atoms with Crippen LogP contribution in [0.25, 0.3) is 11.1 Å². The molecule has 0 unspecified atom stereocenters. The zero-order chi connectivity index (χ0) is 22.7. The summed E-state index contributed by atoms with van der Waals surface area (Å²) in [5.74, 6) is -0.164. The van der Waals surface area contributed by atoms with Crippen molar-refractivity contribution in [2.45, 2.75) is 39.7 Å². The van der Waals surface area contributed by atoms with E-state index < -0.39 is 11.3 Å². The van der Waals surface area contributed by atoms with E-state index in [0.717, 1.165) is 16.8 Å². The molecule has 1 aliphatic heterocycles. The highest BCUT2D eigenvalue weighted by Crippen LogP contribution is 2.44. The number of amides is 2. The van der Waals surface area contributed by atoms with Gasteiger partial charge in [0.25, 0.3) is 11.5 Å². The van der Waals surface area contributed by atoms with Crippen molar-refractivity contribution in [1.29, 1.82) is 0 Å². The maximum absolute atomic E-state index is 13.2. The molecule has 1 N–H and O–H groups in total. The van der Waals surface area contributed by atoms with E-state index in [4.69, 9.17) is 4.42 Å². The Balaban J connectivity index is 1.79. The zero-order valence-corrected chi connectivity index (χ0v) is 18.2. The number of anilines is 2. The molecule has 0 aliphatic carbocycles. The average molecular weight is 420 g/mol. The third-order valence-electron chi connectivity index (χ3n) is 5.81. The molecule has 4 rings (SSSR count). The summed E-state index contributed by atoms with van der Waals surface area (Å²) in [6, 6.07) is 3.63. The van der Waals surface area contributed by atoms with Gasteiger partial charge in [-0.2, -0.15) is 0 Å². The number of nitrogens with one attached hydrogen (secondary N) is 1. The molecule has 0 spiro atoms. The van der Waals surface area contributed by atoms with Gasteiger partial charge in [-0.25, -0.2) is 4.98 Å². The smallest absolute Gasteiger partial charge is 0.265 e. The fourth-order valence-electron chi connectivity index (χ4n) is 4.28. The first kappa shape index (κ1) is 20.6. The number of likely N-dealkylation sites (N-methyl/N-ethyl adjacent to an activating group) is 1. The first-order valence-corrected chi connectivity index (χ1v) is 9.92.